The molecule has 2 heterocycles. The highest BCUT2D eigenvalue weighted by atomic mass is 15.2. The van der Waals surface area contributed by atoms with E-state index < -0.39 is 0 Å². The van der Waals surface area contributed by atoms with Gasteiger partial charge in [-0.05, 0) is 37.6 Å². The second-order valence-electron chi connectivity index (χ2n) is 3.82. The highest BCUT2D eigenvalue weighted by molar-refractivity contribution is 5.34. The Labute approximate surface area is 84.3 Å². The molecule has 4 heteroatoms. The van der Waals surface area contributed by atoms with Crippen LogP contribution >= 0.6 is 0 Å². The van der Waals surface area contributed by atoms with Crippen molar-refractivity contribution in [2.75, 3.05) is 31.6 Å². The summed E-state index contributed by atoms with van der Waals surface area (Å²) >= 11 is 0. The van der Waals surface area contributed by atoms with Gasteiger partial charge in [0.05, 0.1) is 0 Å². The van der Waals surface area contributed by atoms with Gasteiger partial charge in [0, 0.05) is 19.8 Å². The second-order valence-corrected chi connectivity index (χ2v) is 3.82. The third-order valence-corrected chi connectivity index (χ3v) is 2.64. The summed E-state index contributed by atoms with van der Waals surface area (Å²) in [7, 11) is 2.07. The molecule has 1 aromatic rings. The lowest BCUT2D eigenvalue weighted by Gasteiger charge is -2.20. The molecular weight excluding hydrogens is 176 g/mol. The number of nitrogens with zero attached hydrogens (tertiary/aromatic N) is 3. The van der Waals surface area contributed by atoms with E-state index in [0.717, 1.165) is 31.4 Å². The molecule has 1 aliphatic heterocycles. The van der Waals surface area contributed by atoms with Crippen LogP contribution in [0.1, 0.15) is 6.42 Å². The van der Waals surface area contributed by atoms with Crippen LogP contribution in [0.4, 0.5) is 5.82 Å². The smallest absolute Gasteiger partial charge is 0.150 e. The Hall–Kier alpha value is -1.16. The minimum atomic E-state index is 0.752. The molecule has 0 bridgehead atoms. The third-order valence-electron chi connectivity index (χ3n) is 2.64. The lowest BCUT2D eigenvalue weighted by atomic mass is 10.1. The first-order chi connectivity index (χ1) is 6.86. The minimum Gasteiger partial charge on any atom is -0.358 e. The van der Waals surface area contributed by atoms with E-state index >= 15 is 0 Å². The number of rotatable bonds is 3. The van der Waals surface area contributed by atoms with Gasteiger partial charge in [-0.2, -0.15) is 5.10 Å². The van der Waals surface area contributed by atoms with E-state index in [-0.39, 0.29) is 0 Å². The number of hydrogen-bond acceptors (Lipinski definition) is 4. The molecule has 1 atom stereocenters. The fourth-order valence-electron chi connectivity index (χ4n) is 1.85. The van der Waals surface area contributed by atoms with Crippen molar-refractivity contribution in [1.29, 1.82) is 0 Å². The summed E-state index contributed by atoms with van der Waals surface area (Å²) in [6.45, 7) is 3.34. The van der Waals surface area contributed by atoms with Crippen molar-refractivity contribution in [3.8, 4) is 0 Å². The van der Waals surface area contributed by atoms with E-state index in [0.29, 0.717) is 0 Å². The summed E-state index contributed by atoms with van der Waals surface area (Å²) in [6, 6.07) is 3.92. The van der Waals surface area contributed by atoms with Crippen molar-refractivity contribution in [2.24, 2.45) is 5.92 Å². The number of aromatic nitrogens is 2. The van der Waals surface area contributed by atoms with Crippen molar-refractivity contribution in [1.82, 2.24) is 15.5 Å². The molecule has 1 fully saturated rings. The van der Waals surface area contributed by atoms with Crippen molar-refractivity contribution >= 4 is 5.82 Å². The van der Waals surface area contributed by atoms with E-state index in [1.807, 2.05) is 12.1 Å². The largest absolute Gasteiger partial charge is 0.358 e. The van der Waals surface area contributed by atoms with Crippen LogP contribution in [0.3, 0.4) is 0 Å². The summed E-state index contributed by atoms with van der Waals surface area (Å²) in [6.07, 6.45) is 2.97. The van der Waals surface area contributed by atoms with Crippen molar-refractivity contribution in [3.63, 3.8) is 0 Å². The first-order valence-electron chi connectivity index (χ1n) is 5.06. The van der Waals surface area contributed by atoms with Gasteiger partial charge < -0.3 is 10.2 Å². The maximum atomic E-state index is 4.08. The molecule has 1 N–H and O–H groups in total. The Kier molecular flexibility index (Phi) is 2.93. The summed E-state index contributed by atoms with van der Waals surface area (Å²) < 4.78 is 0. The van der Waals surface area contributed by atoms with Crippen LogP contribution in [0.15, 0.2) is 18.3 Å². The van der Waals surface area contributed by atoms with Crippen LogP contribution in [-0.4, -0.2) is 36.9 Å². The Morgan fingerprint density at radius 2 is 2.57 bits per heavy atom. The maximum Gasteiger partial charge on any atom is 0.150 e. The van der Waals surface area contributed by atoms with Gasteiger partial charge in [-0.3, -0.25) is 0 Å². The number of hydrogen-bond donors (Lipinski definition) is 1. The van der Waals surface area contributed by atoms with E-state index in [1.165, 1.54) is 6.42 Å². The molecule has 1 saturated heterocycles. The maximum absolute atomic E-state index is 4.08. The molecule has 0 spiro atoms. The van der Waals surface area contributed by atoms with Crippen LogP contribution in [0.5, 0.6) is 0 Å². The van der Waals surface area contributed by atoms with Gasteiger partial charge in [-0.15, -0.1) is 5.10 Å². The van der Waals surface area contributed by atoms with Gasteiger partial charge in [0.25, 0.3) is 0 Å². The van der Waals surface area contributed by atoms with Crippen LogP contribution in [0, 0.1) is 5.92 Å². The first-order valence-corrected chi connectivity index (χ1v) is 5.06. The van der Waals surface area contributed by atoms with E-state index in [4.69, 9.17) is 0 Å². The lowest BCUT2D eigenvalue weighted by Crippen LogP contribution is -2.27. The zero-order chi connectivity index (χ0) is 9.80. The molecule has 76 valence electrons. The van der Waals surface area contributed by atoms with Gasteiger partial charge in [-0.1, -0.05) is 0 Å². The van der Waals surface area contributed by atoms with Crippen molar-refractivity contribution < 1.29 is 0 Å². The molecule has 0 amide bonds. The molecule has 1 aromatic heterocycles. The average molecular weight is 192 g/mol. The summed E-state index contributed by atoms with van der Waals surface area (Å²) in [5, 5.41) is 11.3. The van der Waals surface area contributed by atoms with Gasteiger partial charge in [0.1, 0.15) is 0 Å². The first kappa shape index (κ1) is 9.40. The molecule has 2 rings (SSSR count). The highest BCUT2D eigenvalue weighted by Gasteiger charge is 2.16. The van der Waals surface area contributed by atoms with Crippen molar-refractivity contribution in [2.45, 2.75) is 6.42 Å². The van der Waals surface area contributed by atoms with Crippen LogP contribution in [-0.2, 0) is 0 Å². The predicted molar refractivity (Wildman–Crippen MR) is 56.3 cm³/mol. The molecule has 14 heavy (non-hydrogen) atoms. The van der Waals surface area contributed by atoms with E-state index in [1.54, 1.807) is 6.20 Å². The lowest BCUT2D eigenvalue weighted by molar-refractivity contribution is 0.574. The van der Waals surface area contributed by atoms with E-state index in [2.05, 4.69) is 27.5 Å². The monoisotopic (exact) mass is 192 g/mol. The molecule has 0 aliphatic carbocycles. The quantitative estimate of drug-likeness (QED) is 0.758. The van der Waals surface area contributed by atoms with Gasteiger partial charge in [0.15, 0.2) is 5.82 Å². The molecule has 1 unspecified atom stereocenters. The molecule has 4 nitrogen and oxygen atoms in total. The summed E-state index contributed by atoms with van der Waals surface area (Å²) in [5.74, 6) is 1.71. The van der Waals surface area contributed by atoms with Gasteiger partial charge >= 0.3 is 0 Å². The fraction of sp³-hybridized carbons (Fsp3) is 0.600. The summed E-state index contributed by atoms with van der Waals surface area (Å²) in [5.41, 5.74) is 0. The van der Waals surface area contributed by atoms with Gasteiger partial charge in [-0.25, -0.2) is 0 Å². The van der Waals surface area contributed by atoms with Crippen LogP contribution in [0.2, 0.25) is 0 Å². The number of nitrogens with one attached hydrogen (secondary N) is 1. The Balaban J connectivity index is 1.92. The average Bonchev–Trinajstić information content (AvgIpc) is 2.72. The SMILES string of the molecule is CN(CC1CCNC1)c1cccnn1. The van der Waals surface area contributed by atoms with E-state index in [9.17, 15) is 0 Å². The standard InChI is InChI=1S/C10H16N4/c1-14(8-9-4-6-11-7-9)10-3-2-5-12-13-10/h2-3,5,9,11H,4,6-8H2,1H3. The Bertz CT molecular complexity index is 269. The molecule has 1 aliphatic rings. The number of anilines is 1. The fourth-order valence-corrected chi connectivity index (χ4v) is 1.85. The predicted octanol–water partition coefficient (Wildman–Crippen LogP) is 0.522. The molecule has 0 aromatic carbocycles. The Morgan fingerprint density at radius 3 is 3.21 bits per heavy atom. The molecule has 0 saturated carbocycles. The third kappa shape index (κ3) is 2.20. The second kappa shape index (κ2) is 4.37. The Morgan fingerprint density at radius 1 is 1.64 bits per heavy atom. The zero-order valence-corrected chi connectivity index (χ0v) is 8.48. The van der Waals surface area contributed by atoms with Crippen LogP contribution < -0.4 is 10.2 Å². The molecular formula is C10H16N4. The van der Waals surface area contributed by atoms with Crippen molar-refractivity contribution in [3.05, 3.63) is 18.3 Å². The summed E-state index contributed by atoms with van der Waals surface area (Å²) in [4.78, 5) is 2.17. The molecule has 0 radical (unpaired) electrons. The topological polar surface area (TPSA) is 41.0 Å². The van der Waals surface area contributed by atoms with Crippen LogP contribution in [0.25, 0.3) is 0 Å². The minimum absolute atomic E-state index is 0.752. The highest BCUT2D eigenvalue weighted by Crippen LogP contribution is 2.13. The van der Waals surface area contributed by atoms with Gasteiger partial charge in [0.2, 0.25) is 0 Å². The normalized spacial score (nSPS) is 21.1. The zero-order valence-electron chi connectivity index (χ0n) is 8.48.